The lowest BCUT2D eigenvalue weighted by Crippen LogP contribution is -2.29. The maximum Gasteiger partial charge on any atom is 0.269 e. The predicted molar refractivity (Wildman–Crippen MR) is 62.6 cm³/mol. The van der Waals surface area contributed by atoms with E-state index in [0.717, 1.165) is 30.4 Å². The van der Waals surface area contributed by atoms with Crippen LogP contribution in [0, 0.1) is 17.0 Å². The average molecular weight is 220 g/mol. The van der Waals surface area contributed by atoms with Crippen LogP contribution in [-0.4, -0.2) is 17.5 Å². The van der Waals surface area contributed by atoms with E-state index < -0.39 is 0 Å². The van der Waals surface area contributed by atoms with E-state index in [0.29, 0.717) is 0 Å². The van der Waals surface area contributed by atoms with Crippen LogP contribution in [0.3, 0.4) is 0 Å². The van der Waals surface area contributed by atoms with E-state index in [4.69, 9.17) is 0 Å². The third kappa shape index (κ3) is 2.07. The van der Waals surface area contributed by atoms with Crippen molar-refractivity contribution in [2.45, 2.75) is 31.7 Å². The van der Waals surface area contributed by atoms with E-state index in [-0.39, 0.29) is 16.1 Å². The molecular formula is C12H16N2O2. The lowest BCUT2D eigenvalue weighted by atomic mass is 9.99. The van der Waals surface area contributed by atoms with Crippen LogP contribution in [0.4, 0.5) is 5.69 Å². The number of hydrogen-bond donors (Lipinski definition) is 1. The molecule has 16 heavy (non-hydrogen) atoms. The van der Waals surface area contributed by atoms with E-state index >= 15 is 0 Å². The Balaban J connectivity index is 2.25. The number of non-ortho nitro benzene ring substituents is 1. The average Bonchev–Trinajstić information content (AvgIpc) is 3.02. The molecule has 0 unspecified atom stereocenters. The molecule has 4 nitrogen and oxygen atoms in total. The first-order chi connectivity index (χ1) is 7.56. The number of aryl methyl sites for hydroxylation is 1. The standard InChI is InChI=1S/C12H16N2O2/c1-9-3-4-11(14(15)16)7-10(9)8-12(13-2)5-6-12/h3-4,7,13H,5-6,8H2,1-2H3. The molecule has 0 aliphatic heterocycles. The van der Waals surface area contributed by atoms with Gasteiger partial charge in [0, 0.05) is 17.7 Å². The van der Waals surface area contributed by atoms with Gasteiger partial charge in [-0.2, -0.15) is 0 Å². The van der Waals surface area contributed by atoms with Crippen LogP contribution < -0.4 is 5.32 Å². The number of nitro groups is 1. The Bertz CT molecular complexity index is 425. The Morgan fingerprint density at radius 2 is 2.19 bits per heavy atom. The second kappa shape index (κ2) is 3.87. The van der Waals surface area contributed by atoms with Crippen LogP contribution in [0.5, 0.6) is 0 Å². The van der Waals surface area contributed by atoms with Gasteiger partial charge in [-0.25, -0.2) is 0 Å². The van der Waals surface area contributed by atoms with Gasteiger partial charge in [0.2, 0.25) is 0 Å². The molecule has 1 aliphatic rings. The Hall–Kier alpha value is -1.42. The quantitative estimate of drug-likeness (QED) is 0.625. The third-order valence-electron chi connectivity index (χ3n) is 3.46. The Labute approximate surface area is 94.8 Å². The molecule has 0 spiro atoms. The van der Waals surface area contributed by atoms with Gasteiger partial charge in [-0.15, -0.1) is 0 Å². The van der Waals surface area contributed by atoms with Crippen molar-refractivity contribution in [1.29, 1.82) is 0 Å². The summed E-state index contributed by atoms with van der Waals surface area (Å²) >= 11 is 0. The lowest BCUT2D eigenvalue weighted by Gasteiger charge is -2.15. The SMILES string of the molecule is CNC1(Cc2cc([N+](=O)[O-])ccc2C)CC1. The normalized spacial score (nSPS) is 17.1. The zero-order valence-corrected chi connectivity index (χ0v) is 9.62. The molecule has 0 aromatic heterocycles. The Kier molecular flexibility index (Phi) is 2.68. The first-order valence-corrected chi connectivity index (χ1v) is 5.49. The zero-order valence-electron chi connectivity index (χ0n) is 9.62. The minimum atomic E-state index is -0.331. The Morgan fingerprint density at radius 1 is 1.50 bits per heavy atom. The second-order valence-electron chi connectivity index (χ2n) is 4.58. The summed E-state index contributed by atoms with van der Waals surface area (Å²) in [6.45, 7) is 2.00. The van der Waals surface area contributed by atoms with Crippen molar-refractivity contribution in [1.82, 2.24) is 5.32 Å². The maximum atomic E-state index is 10.7. The van der Waals surface area contributed by atoms with Gasteiger partial charge >= 0.3 is 0 Å². The van der Waals surface area contributed by atoms with Gasteiger partial charge in [0.1, 0.15) is 0 Å². The summed E-state index contributed by atoms with van der Waals surface area (Å²) < 4.78 is 0. The van der Waals surface area contributed by atoms with Crippen molar-refractivity contribution < 1.29 is 4.92 Å². The molecule has 4 heteroatoms. The molecule has 1 saturated carbocycles. The van der Waals surface area contributed by atoms with Gasteiger partial charge in [-0.1, -0.05) is 6.07 Å². The minimum Gasteiger partial charge on any atom is -0.314 e. The molecule has 0 amide bonds. The van der Waals surface area contributed by atoms with Crippen molar-refractivity contribution in [3.8, 4) is 0 Å². The summed E-state index contributed by atoms with van der Waals surface area (Å²) in [4.78, 5) is 10.4. The summed E-state index contributed by atoms with van der Waals surface area (Å²) in [5.74, 6) is 0. The monoisotopic (exact) mass is 220 g/mol. The van der Waals surface area contributed by atoms with E-state index in [9.17, 15) is 10.1 Å². The number of nitrogens with one attached hydrogen (secondary N) is 1. The van der Waals surface area contributed by atoms with Crippen LogP contribution in [0.2, 0.25) is 0 Å². The smallest absolute Gasteiger partial charge is 0.269 e. The second-order valence-corrected chi connectivity index (χ2v) is 4.58. The van der Waals surface area contributed by atoms with Crippen LogP contribution in [0.15, 0.2) is 18.2 Å². The highest BCUT2D eigenvalue weighted by molar-refractivity contribution is 5.40. The van der Waals surface area contributed by atoms with Crippen molar-refractivity contribution in [3.05, 3.63) is 39.4 Å². The molecule has 1 fully saturated rings. The fourth-order valence-corrected chi connectivity index (χ4v) is 1.99. The van der Waals surface area contributed by atoms with Crippen molar-refractivity contribution >= 4 is 5.69 Å². The summed E-state index contributed by atoms with van der Waals surface area (Å²) in [5.41, 5.74) is 2.60. The molecule has 2 rings (SSSR count). The molecule has 1 aliphatic carbocycles. The topological polar surface area (TPSA) is 55.2 Å². The zero-order chi connectivity index (χ0) is 11.8. The molecule has 1 aromatic carbocycles. The largest absolute Gasteiger partial charge is 0.314 e. The number of hydrogen-bond acceptors (Lipinski definition) is 3. The third-order valence-corrected chi connectivity index (χ3v) is 3.46. The fourth-order valence-electron chi connectivity index (χ4n) is 1.99. The molecule has 0 atom stereocenters. The summed E-state index contributed by atoms with van der Waals surface area (Å²) in [6, 6.07) is 5.10. The van der Waals surface area contributed by atoms with Gasteiger partial charge in [-0.3, -0.25) is 10.1 Å². The first-order valence-electron chi connectivity index (χ1n) is 5.49. The van der Waals surface area contributed by atoms with Gasteiger partial charge in [-0.05, 0) is 44.4 Å². The van der Waals surface area contributed by atoms with Crippen LogP contribution in [0.25, 0.3) is 0 Å². The maximum absolute atomic E-state index is 10.7. The van der Waals surface area contributed by atoms with Crippen LogP contribution >= 0.6 is 0 Å². The molecule has 0 bridgehead atoms. The van der Waals surface area contributed by atoms with E-state index in [2.05, 4.69) is 5.32 Å². The molecule has 1 aromatic rings. The van der Waals surface area contributed by atoms with Crippen molar-refractivity contribution in [2.75, 3.05) is 7.05 Å². The number of benzene rings is 1. The molecule has 0 saturated heterocycles. The number of nitrogens with zero attached hydrogens (tertiary/aromatic N) is 1. The van der Waals surface area contributed by atoms with Crippen LogP contribution in [-0.2, 0) is 6.42 Å². The predicted octanol–water partition coefficient (Wildman–Crippen LogP) is 2.20. The summed E-state index contributed by atoms with van der Waals surface area (Å²) in [6.07, 6.45) is 3.20. The van der Waals surface area contributed by atoms with E-state index in [1.54, 1.807) is 12.1 Å². The van der Waals surface area contributed by atoms with Crippen molar-refractivity contribution in [3.63, 3.8) is 0 Å². The molecular weight excluding hydrogens is 204 g/mol. The minimum absolute atomic E-state index is 0.188. The van der Waals surface area contributed by atoms with E-state index in [1.807, 2.05) is 20.0 Å². The molecule has 86 valence electrons. The van der Waals surface area contributed by atoms with Gasteiger partial charge in [0.25, 0.3) is 5.69 Å². The number of nitro benzene ring substituents is 1. The van der Waals surface area contributed by atoms with Gasteiger partial charge in [0.05, 0.1) is 4.92 Å². The number of rotatable bonds is 4. The lowest BCUT2D eigenvalue weighted by molar-refractivity contribution is -0.384. The molecule has 0 heterocycles. The Morgan fingerprint density at radius 3 is 2.69 bits per heavy atom. The van der Waals surface area contributed by atoms with Gasteiger partial charge in [0.15, 0.2) is 0 Å². The number of likely N-dealkylation sites (N-methyl/N-ethyl adjacent to an activating group) is 1. The van der Waals surface area contributed by atoms with Crippen LogP contribution in [0.1, 0.15) is 24.0 Å². The van der Waals surface area contributed by atoms with Crippen molar-refractivity contribution in [2.24, 2.45) is 0 Å². The highest BCUT2D eigenvalue weighted by Gasteiger charge is 2.41. The molecule has 0 radical (unpaired) electrons. The first kappa shape index (κ1) is 11.1. The van der Waals surface area contributed by atoms with Gasteiger partial charge < -0.3 is 5.32 Å². The summed E-state index contributed by atoms with van der Waals surface area (Å²) in [7, 11) is 1.96. The fraction of sp³-hybridized carbons (Fsp3) is 0.500. The highest BCUT2D eigenvalue weighted by atomic mass is 16.6. The summed E-state index contributed by atoms with van der Waals surface area (Å²) in [5, 5.41) is 14.0. The highest BCUT2D eigenvalue weighted by Crippen LogP contribution is 2.39. The van der Waals surface area contributed by atoms with E-state index in [1.165, 1.54) is 0 Å². The molecule has 1 N–H and O–H groups in total.